The fraction of sp³-hybridized carbons (Fsp3) is 0.375. The first kappa shape index (κ1) is 21.8. The van der Waals surface area contributed by atoms with Crippen molar-refractivity contribution in [2.45, 2.75) is 31.9 Å². The Morgan fingerprint density at radius 2 is 2.03 bits per heavy atom. The number of methoxy groups -OCH3 is 1. The Morgan fingerprint density at radius 3 is 2.88 bits per heavy atom. The van der Waals surface area contributed by atoms with Crippen molar-refractivity contribution in [1.82, 2.24) is 15.3 Å². The van der Waals surface area contributed by atoms with Crippen LogP contribution in [0.2, 0.25) is 0 Å². The topological polar surface area (TPSA) is 96.8 Å². The average molecular weight is 437 g/mol. The van der Waals surface area contributed by atoms with E-state index in [4.69, 9.17) is 9.47 Å². The maximum atomic E-state index is 12.9. The van der Waals surface area contributed by atoms with Gasteiger partial charge >= 0.3 is 0 Å². The molecule has 168 valence electrons. The Bertz CT molecular complexity index is 1090. The van der Waals surface area contributed by atoms with Gasteiger partial charge in [-0.2, -0.15) is 0 Å². The van der Waals surface area contributed by atoms with Gasteiger partial charge in [-0.15, -0.1) is 0 Å². The van der Waals surface area contributed by atoms with Gasteiger partial charge in [-0.3, -0.25) is 4.79 Å². The number of nitrogens with one attached hydrogen (secondary N) is 1. The Labute approximate surface area is 187 Å². The SMILES string of the molecule is COc1cccc(OC[C@H](O)CNC(=O)[C@H]2CCCN2c2nc(C)c3ccccc3n2)c1. The third kappa shape index (κ3) is 4.91. The number of carbonyl (C=O) groups is 1. The van der Waals surface area contributed by atoms with Crippen LogP contribution in [0.25, 0.3) is 10.9 Å². The van der Waals surface area contributed by atoms with Crippen LogP contribution in [0.4, 0.5) is 5.95 Å². The molecule has 1 saturated heterocycles. The molecule has 0 aliphatic carbocycles. The van der Waals surface area contributed by atoms with E-state index in [2.05, 4.69) is 15.3 Å². The number of amides is 1. The van der Waals surface area contributed by atoms with Gasteiger partial charge in [0.2, 0.25) is 11.9 Å². The Kier molecular flexibility index (Phi) is 6.70. The van der Waals surface area contributed by atoms with Crippen LogP contribution in [0.1, 0.15) is 18.5 Å². The van der Waals surface area contributed by atoms with Crippen LogP contribution in [-0.2, 0) is 4.79 Å². The second kappa shape index (κ2) is 9.82. The molecule has 32 heavy (non-hydrogen) atoms. The number of nitrogens with zero attached hydrogens (tertiary/aromatic N) is 3. The number of benzene rings is 2. The minimum atomic E-state index is -0.834. The Morgan fingerprint density at radius 1 is 1.22 bits per heavy atom. The molecule has 4 rings (SSSR count). The van der Waals surface area contributed by atoms with Crippen molar-refractivity contribution in [3.63, 3.8) is 0 Å². The van der Waals surface area contributed by atoms with Gasteiger partial charge in [-0.1, -0.05) is 24.3 Å². The number of aryl methyl sites for hydroxylation is 1. The number of hydrogen-bond donors (Lipinski definition) is 2. The van der Waals surface area contributed by atoms with Crippen LogP contribution in [0.5, 0.6) is 11.5 Å². The lowest BCUT2D eigenvalue weighted by molar-refractivity contribution is -0.122. The van der Waals surface area contributed by atoms with Crippen molar-refractivity contribution >= 4 is 22.8 Å². The van der Waals surface area contributed by atoms with Gasteiger partial charge in [0.05, 0.1) is 18.3 Å². The molecule has 2 aromatic carbocycles. The molecule has 1 fully saturated rings. The second-order valence-electron chi connectivity index (χ2n) is 7.87. The summed E-state index contributed by atoms with van der Waals surface area (Å²) in [5.74, 6) is 1.70. The van der Waals surface area contributed by atoms with E-state index in [1.54, 1.807) is 19.2 Å². The normalized spacial score (nSPS) is 16.7. The monoisotopic (exact) mass is 436 g/mol. The van der Waals surface area contributed by atoms with Crippen molar-refractivity contribution in [2.75, 3.05) is 31.7 Å². The molecule has 0 unspecified atom stereocenters. The van der Waals surface area contributed by atoms with Gasteiger partial charge in [-0.05, 0) is 38.0 Å². The number of anilines is 1. The predicted octanol–water partition coefficient (Wildman–Crippen LogP) is 2.47. The van der Waals surface area contributed by atoms with E-state index < -0.39 is 6.10 Å². The fourth-order valence-electron chi connectivity index (χ4n) is 3.91. The van der Waals surface area contributed by atoms with Crippen molar-refractivity contribution in [2.24, 2.45) is 0 Å². The molecule has 0 radical (unpaired) electrons. The highest BCUT2D eigenvalue weighted by molar-refractivity contribution is 5.86. The minimum Gasteiger partial charge on any atom is -0.497 e. The summed E-state index contributed by atoms with van der Waals surface area (Å²) in [5, 5.41) is 14.1. The average Bonchev–Trinajstić information content (AvgIpc) is 3.31. The highest BCUT2D eigenvalue weighted by Gasteiger charge is 2.33. The molecule has 0 spiro atoms. The number of fused-ring (bicyclic) bond motifs is 1. The quantitative estimate of drug-likeness (QED) is 0.560. The molecular weight excluding hydrogens is 408 g/mol. The van der Waals surface area contributed by atoms with E-state index in [0.29, 0.717) is 17.4 Å². The number of hydrogen-bond acceptors (Lipinski definition) is 7. The summed E-state index contributed by atoms with van der Waals surface area (Å²) in [6.07, 6.45) is 0.769. The zero-order valence-electron chi connectivity index (χ0n) is 18.3. The standard InChI is InChI=1S/C24H28N4O4/c1-16-20-9-3-4-10-21(20)27-24(26-16)28-12-6-11-22(28)23(30)25-14-17(29)15-32-19-8-5-7-18(13-19)31-2/h3-5,7-10,13,17,22,29H,6,11-12,14-15H2,1-2H3,(H,25,30)/t17-,22-/m1/s1. The highest BCUT2D eigenvalue weighted by atomic mass is 16.5. The molecule has 1 aromatic heterocycles. The first-order valence-electron chi connectivity index (χ1n) is 10.8. The summed E-state index contributed by atoms with van der Waals surface area (Å²) in [6, 6.07) is 14.7. The molecular formula is C24H28N4O4. The molecule has 2 atom stereocenters. The van der Waals surface area contributed by atoms with E-state index in [-0.39, 0.29) is 25.1 Å². The number of para-hydroxylation sites is 1. The summed E-state index contributed by atoms with van der Waals surface area (Å²) < 4.78 is 10.8. The molecule has 8 nitrogen and oxygen atoms in total. The number of aliphatic hydroxyl groups is 1. The number of carbonyl (C=O) groups excluding carboxylic acids is 1. The van der Waals surface area contributed by atoms with Gasteiger partial charge in [0, 0.05) is 24.5 Å². The van der Waals surface area contributed by atoms with E-state index in [9.17, 15) is 9.90 Å². The maximum Gasteiger partial charge on any atom is 0.242 e. The van der Waals surface area contributed by atoms with Gasteiger partial charge in [-0.25, -0.2) is 9.97 Å². The Hall–Kier alpha value is -3.39. The summed E-state index contributed by atoms with van der Waals surface area (Å²) in [5.41, 5.74) is 1.76. The number of ether oxygens (including phenoxy) is 2. The van der Waals surface area contributed by atoms with E-state index in [0.717, 1.165) is 36.0 Å². The lowest BCUT2D eigenvalue weighted by Gasteiger charge is -2.25. The minimum absolute atomic E-state index is 0.0643. The summed E-state index contributed by atoms with van der Waals surface area (Å²) in [7, 11) is 1.58. The van der Waals surface area contributed by atoms with Crippen LogP contribution < -0.4 is 19.7 Å². The zero-order chi connectivity index (χ0) is 22.5. The zero-order valence-corrected chi connectivity index (χ0v) is 18.3. The molecule has 1 aliphatic rings. The van der Waals surface area contributed by atoms with Crippen LogP contribution in [0.3, 0.4) is 0 Å². The molecule has 0 saturated carbocycles. The lowest BCUT2D eigenvalue weighted by Crippen LogP contribution is -2.46. The fourth-order valence-corrected chi connectivity index (χ4v) is 3.91. The summed E-state index contributed by atoms with van der Waals surface area (Å²) in [6.45, 7) is 2.84. The second-order valence-corrected chi connectivity index (χ2v) is 7.87. The summed E-state index contributed by atoms with van der Waals surface area (Å²) in [4.78, 5) is 24.1. The van der Waals surface area contributed by atoms with E-state index >= 15 is 0 Å². The highest BCUT2D eigenvalue weighted by Crippen LogP contribution is 2.26. The lowest BCUT2D eigenvalue weighted by atomic mass is 10.2. The van der Waals surface area contributed by atoms with Crippen LogP contribution in [-0.4, -0.2) is 59.9 Å². The molecule has 8 heteroatoms. The summed E-state index contributed by atoms with van der Waals surface area (Å²) >= 11 is 0. The molecule has 3 aromatic rings. The van der Waals surface area contributed by atoms with Crippen LogP contribution >= 0.6 is 0 Å². The number of rotatable bonds is 8. The van der Waals surface area contributed by atoms with Crippen molar-refractivity contribution in [3.05, 3.63) is 54.2 Å². The van der Waals surface area contributed by atoms with Gasteiger partial charge in [0.15, 0.2) is 0 Å². The van der Waals surface area contributed by atoms with E-state index in [1.165, 1.54) is 0 Å². The van der Waals surface area contributed by atoms with Gasteiger partial charge in [0.1, 0.15) is 30.3 Å². The number of aromatic nitrogens is 2. The predicted molar refractivity (Wildman–Crippen MR) is 122 cm³/mol. The maximum absolute atomic E-state index is 12.9. The third-order valence-electron chi connectivity index (χ3n) is 5.59. The Balaban J connectivity index is 1.34. The van der Waals surface area contributed by atoms with E-state index in [1.807, 2.05) is 48.2 Å². The van der Waals surface area contributed by atoms with Crippen molar-refractivity contribution in [1.29, 1.82) is 0 Å². The van der Waals surface area contributed by atoms with Crippen LogP contribution in [0, 0.1) is 6.92 Å². The first-order valence-corrected chi connectivity index (χ1v) is 10.8. The first-order chi connectivity index (χ1) is 15.5. The third-order valence-corrected chi connectivity index (χ3v) is 5.59. The number of aliphatic hydroxyl groups excluding tert-OH is 1. The molecule has 1 amide bonds. The van der Waals surface area contributed by atoms with Crippen molar-refractivity contribution < 1.29 is 19.4 Å². The largest absolute Gasteiger partial charge is 0.497 e. The smallest absolute Gasteiger partial charge is 0.242 e. The van der Waals surface area contributed by atoms with Gasteiger partial charge in [0.25, 0.3) is 0 Å². The van der Waals surface area contributed by atoms with Crippen LogP contribution in [0.15, 0.2) is 48.5 Å². The van der Waals surface area contributed by atoms with Crippen molar-refractivity contribution in [3.8, 4) is 11.5 Å². The van der Waals surface area contributed by atoms with Gasteiger partial charge < -0.3 is 24.8 Å². The molecule has 1 aliphatic heterocycles. The molecule has 2 N–H and O–H groups in total. The molecule has 2 heterocycles. The molecule has 0 bridgehead atoms.